The van der Waals surface area contributed by atoms with Crippen molar-refractivity contribution in [1.82, 2.24) is 0 Å². The molecule has 0 saturated heterocycles. The first-order chi connectivity index (χ1) is 4.43. The number of hydrogen-bond donors (Lipinski definition) is 0. The fourth-order valence-electron chi connectivity index (χ4n) is 0.492. The Labute approximate surface area is 53.3 Å². The number of nitrogens with zero attached hydrogens (tertiary/aromatic N) is 1. The van der Waals surface area contributed by atoms with Gasteiger partial charge in [0.1, 0.15) is 5.75 Å². The van der Waals surface area contributed by atoms with Gasteiger partial charge in [0.2, 0.25) is 0 Å². The number of hydrogen-bond acceptors (Lipinski definition) is 2. The number of nitriles is 1. The molecule has 0 N–H and O–H groups in total. The van der Waals surface area contributed by atoms with Crippen molar-refractivity contribution in [3.05, 3.63) is 30.3 Å². The summed E-state index contributed by atoms with van der Waals surface area (Å²) < 4.78 is 4.49. The van der Waals surface area contributed by atoms with Crippen molar-refractivity contribution in [2.75, 3.05) is 0 Å². The second kappa shape index (κ2) is 2.73. The van der Waals surface area contributed by atoms with Gasteiger partial charge in [-0.25, -0.2) is 0 Å². The van der Waals surface area contributed by atoms with Gasteiger partial charge in [-0.15, -0.1) is 5.26 Å². The summed E-state index contributed by atoms with van der Waals surface area (Å²) in [5.41, 5.74) is 0. The summed E-state index contributed by atoms with van der Waals surface area (Å²) in [6.45, 7) is 0. The Morgan fingerprint density at radius 3 is 2.67 bits per heavy atom. The highest BCUT2D eigenvalue weighted by Crippen LogP contribution is 2.05. The predicted octanol–water partition coefficient (Wildman–Crippen LogP) is 1.35. The Morgan fingerprint density at radius 2 is 2.11 bits per heavy atom. The van der Waals surface area contributed by atoms with E-state index in [0.29, 0.717) is 5.75 Å². The van der Waals surface area contributed by atoms with Crippen LogP contribution in [0.5, 0.6) is 5.75 Å². The van der Waals surface area contributed by atoms with Crippen LogP contribution in [0.4, 0.5) is 0 Å². The van der Waals surface area contributed by atoms with E-state index >= 15 is 0 Å². The molecule has 0 aliphatic rings. The summed E-state index contributed by atoms with van der Waals surface area (Å²) in [7, 11) is 0. The highest BCUT2D eigenvalue weighted by Gasteiger charge is 1.84. The molecule has 1 rings (SSSR count). The summed E-state index contributed by atoms with van der Waals surface area (Å²) >= 11 is 0. The molecule has 0 fully saturated rings. The first-order valence-corrected chi connectivity index (χ1v) is 2.45. The molecule has 0 unspecified atom stereocenters. The first kappa shape index (κ1) is 5.64. The van der Waals surface area contributed by atoms with Crippen LogP contribution in [0.15, 0.2) is 24.3 Å². The maximum absolute atomic E-state index is 8.04. The molecule has 2 heteroatoms. The molecule has 0 aliphatic heterocycles. The van der Waals surface area contributed by atoms with Crippen molar-refractivity contribution in [2.45, 2.75) is 0 Å². The van der Waals surface area contributed by atoms with Crippen molar-refractivity contribution in [3.8, 4) is 12.0 Å². The molecule has 2 nitrogen and oxygen atoms in total. The fraction of sp³-hybridized carbons (Fsp3) is 0. The van der Waals surface area contributed by atoms with E-state index in [2.05, 4.69) is 10.8 Å². The van der Waals surface area contributed by atoms with Gasteiger partial charge >= 0.3 is 0 Å². The van der Waals surface area contributed by atoms with Crippen molar-refractivity contribution in [3.63, 3.8) is 0 Å². The normalized spacial score (nSPS) is 7.89. The zero-order chi connectivity index (χ0) is 6.53. The topological polar surface area (TPSA) is 33.0 Å². The Balaban J connectivity index is 2.76. The van der Waals surface area contributed by atoms with Crippen molar-refractivity contribution < 1.29 is 4.74 Å². The third kappa shape index (κ3) is 1.46. The molecule has 1 radical (unpaired) electrons. The van der Waals surface area contributed by atoms with Crippen LogP contribution in [0.25, 0.3) is 0 Å². The highest BCUT2D eigenvalue weighted by molar-refractivity contribution is 5.21. The largest absolute Gasteiger partial charge is 0.388 e. The maximum atomic E-state index is 8.04. The van der Waals surface area contributed by atoms with E-state index in [9.17, 15) is 0 Å². The summed E-state index contributed by atoms with van der Waals surface area (Å²) in [5, 5.41) is 8.04. The fourth-order valence-corrected chi connectivity index (χ4v) is 0.492. The quantitative estimate of drug-likeness (QED) is 0.521. The maximum Gasteiger partial charge on any atom is 0.292 e. The highest BCUT2D eigenvalue weighted by atomic mass is 16.5. The molecule has 0 spiro atoms. The molecule has 0 aliphatic carbocycles. The van der Waals surface area contributed by atoms with Crippen LogP contribution >= 0.6 is 0 Å². The van der Waals surface area contributed by atoms with Gasteiger partial charge in [-0.05, 0) is 18.2 Å². The van der Waals surface area contributed by atoms with Crippen LogP contribution in [-0.2, 0) is 0 Å². The SMILES string of the molecule is N#COc1cc[c]cc1. The zero-order valence-corrected chi connectivity index (χ0v) is 4.66. The average Bonchev–Trinajstić information content (AvgIpc) is 1.91. The Bertz CT molecular complexity index is 212. The van der Waals surface area contributed by atoms with Crippen LogP contribution in [0.2, 0.25) is 0 Å². The van der Waals surface area contributed by atoms with Gasteiger partial charge in [-0.3, -0.25) is 0 Å². The van der Waals surface area contributed by atoms with Gasteiger partial charge in [0.25, 0.3) is 6.26 Å². The van der Waals surface area contributed by atoms with E-state index < -0.39 is 0 Å². The average molecular weight is 118 g/mol. The lowest BCUT2D eigenvalue weighted by Gasteiger charge is -1.89. The van der Waals surface area contributed by atoms with Gasteiger partial charge in [0.05, 0.1) is 0 Å². The van der Waals surface area contributed by atoms with Crippen molar-refractivity contribution >= 4 is 0 Å². The molecule has 0 amide bonds. The lowest BCUT2D eigenvalue weighted by atomic mass is 10.3. The van der Waals surface area contributed by atoms with Crippen LogP contribution < -0.4 is 4.74 Å². The van der Waals surface area contributed by atoms with Gasteiger partial charge < -0.3 is 4.74 Å². The Morgan fingerprint density at radius 1 is 1.44 bits per heavy atom. The summed E-state index contributed by atoms with van der Waals surface area (Å²) in [5.74, 6) is 0.552. The molecule has 0 aromatic heterocycles. The van der Waals surface area contributed by atoms with E-state index in [1.54, 1.807) is 30.5 Å². The minimum atomic E-state index is 0.552. The molecule has 1 aromatic carbocycles. The molecule has 9 heavy (non-hydrogen) atoms. The molecular weight excluding hydrogens is 114 g/mol. The third-order valence-electron chi connectivity index (χ3n) is 0.851. The van der Waals surface area contributed by atoms with E-state index in [1.165, 1.54) is 0 Å². The van der Waals surface area contributed by atoms with Crippen molar-refractivity contribution in [2.24, 2.45) is 0 Å². The molecule has 0 atom stereocenters. The van der Waals surface area contributed by atoms with Gasteiger partial charge in [0.15, 0.2) is 0 Å². The molecule has 0 bridgehead atoms. The van der Waals surface area contributed by atoms with Crippen LogP contribution in [0.1, 0.15) is 0 Å². The van der Waals surface area contributed by atoms with Crippen LogP contribution in [-0.4, -0.2) is 0 Å². The lowest BCUT2D eigenvalue weighted by Crippen LogP contribution is -1.78. The van der Waals surface area contributed by atoms with Gasteiger partial charge in [-0.2, -0.15) is 0 Å². The minimum absolute atomic E-state index is 0.552. The van der Waals surface area contributed by atoms with Crippen molar-refractivity contribution in [1.29, 1.82) is 5.26 Å². The monoisotopic (exact) mass is 118 g/mol. The molecule has 1 aromatic rings. The molecule has 43 valence electrons. The first-order valence-electron chi connectivity index (χ1n) is 2.45. The van der Waals surface area contributed by atoms with E-state index in [1.807, 2.05) is 0 Å². The minimum Gasteiger partial charge on any atom is -0.388 e. The second-order valence-electron chi connectivity index (χ2n) is 1.43. The standard InChI is InChI=1S/C7H4NO/c8-6-9-7-4-2-1-3-5-7/h2-5H. The summed E-state index contributed by atoms with van der Waals surface area (Å²) in [4.78, 5) is 0. The summed E-state index contributed by atoms with van der Waals surface area (Å²) in [6, 6.07) is 9.52. The van der Waals surface area contributed by atoms with E-state index in [0.717, 1.165) is 0 Å². The number of rotatable bonds is 1. The second-order valence-corrected chi connectivity index (χ2v) is 1.43. The summed E-state index contributed by atoms with van der Waals surface area (Å²) in [6.07, 6.45) is 1.57. The lowest BCUT2D eigenvalue weighted by molar-refractivity contribution is 0.507. The number of benzene rings is 1. The van der Waals surface area contributed by atoms with E-state index in [4.69, 9.17) is 5.26 Å². The third-order valence-corrected chi connectivity index (χ3v) is 0.851. The van der Waals surface area contributed by atoms with Gasteiger partial charge in [-0.1, -0.05) is 12.1 Å². The van der Waals surface area contributed by atoms with Gasteiger partial charge in [0, 0.05) is 0 Å². The predicted molar refractivity (Wildman–Crippen MR) is 31.5 cm³/mol. The number of ether oxygens (including phenoxy) is 1. The molecule has 0 saturated carbocycles. The molecule has 0 heterocycles. The smallest absolute Gasteiger partial charge is 0.292 e. The Kier molecular flexibility index (Phi) is 1.71. The van der Waals surface area contributed by atoms with Crippen LogP contribution in [0, 0.1) is 17.6 Å². The van der Waals surface area contributed by atoms with Crippen LogP contribution in [0.3, 0.4) is 0 Å². The zero-order valence-electron chi connectivity index (χ0n) is 4.66. The molecular formula is C7H4NO. The Hall–Kier alpha value is -1.49. The van der Waals surface area contributed by atoms with E-state index in [-0.39, 0.29) is 0 Å².